The van der Waals surface area contributed by atoms with E-state index in [1.165, 1.54) is 0 Å². The van der Waals surface area contributed by atoms with Crippen LogP contribution < -0.4 is 5.73 Å². The van der Waals surface area contributed by atoms with Crippen molar-refractivity contribution in [3.8, 4) is 0 Å². The molecule has 0 radical (unpaired) electrons. The summed E-state index contributed by atoms with van der Waals surface area (Å²) < 4.78 is 0. The molecule has 14 heavy (non-hydrogen) atoms. The minimum atomic E-state index is -0.957. The fourth-order valence-corrected chi connectivity index (χ4v) is 1.82. The lowest BCUT2D eigenvalue weighted by atomic mass is 10.1. The van der Waals surface area contributed by atoms with Crippen molar-refractivity contribution in [2.24, 2.45) is 5.73 Å². The van der Waals surface area contributed by atoms with Gasteiger partial charge in [-0.3, -0.25) is 4.79 Å². The molecular weight excluding hydrogens is 198 g/mol. The minimum absolute atomic E-state index is 0.381. The molecule has 3 N–H and O–H groups in total. The molecule has 1 atom stereocenters. The van der Waals surface area contributed by atoms with Crippen molar-refractivity contribution in [1.29, 1.82) is 0 Å². The molecule has 0 spiro atoms. The third kappa shape index (κ3) is 2.75. The van der Waals surface area contributed by atoms with Gasteiger partial charge in [-0.05, 0) is 24.3 Å². The van der Waals surface area contributed by atoms with Crippen LogP contribution in [0.3, 0.4) is 0 Å². The first kappa shape index (κ1) is 11.1. The van der Waals surface area contributed by atoms with Crippen LogP contribution in [-0.2, 0) is 11.2 Å². The quantitative estimate of drug-likeness (QED) is 0.738. The summed E-state index contributed by atoms with van der Waals surface area (Å²) in [7, 11) is 0. The first-order valence-corrected chi connectivity index (χ1v) is 5.48. The van der Waals surface area contributed by atoms with E-state index >= 15 is 0 Å². The third-order valence-electron chi connectivity index (χ3n) is 1.95. The highest BCUT2D eigenvalue weighted by Gasteiger charge is 2.13. The van der Waals surface area contributed by atoms with Gasteiger partial charge in [-0.1, -0.05) is 18.2 Å². The Bertz CT molecular complexity index is 328. The maximum Gasteiger partial charge on any atom is 0.320 e. The molecule has 0 saturated heterocycles. The van der Waals surface area contributed by atoms with Gasteiger partial charge in [0.25, 0.3) is 0 Å². The number of benzene rings is 1. The summed E-state index contributed by atoms with van der Waals surface area (Å²) >= 11 is 1.60. The molecule has 0 saturated carbocycles. The van der Waals surface area contributed by atoms with E-state index in [1.54, 1.807) is 11.8 Å². The standard InChI is InChI=1S/C10H13NO2S/c1-14-9-5-3-2-4-7(9)6-8(11)10(12)13/h2-5,8H,6,11H2,1H3,(H,12,13). The summed E-state index contributed by atoms with van der Waals surface area (Å²) in [6, 6.07) is 6.89. The molecule has 1 unspecified atom stereocenters. The SMILES string of the molecule is CSc1ccccc1CC(N)C(=O)O. The Morgan fingerprint density at radius 3 is 2.79 bits per heavy atom. The summed E-state index contributed by atoms with van der Waals surface area (Å²) in [4.78, 5) is 11.7. The van der Waals surface area contributed by atoms with Gasteiger partial charge in [0, 0.05) is 4.90 Å². The minimum Gasteiger partial charge on any atom is -0.480 e. The van der Waals surface area contributed by atoms with Gasteiger partial charge in [0.15, 0.2) is 0 Å². The van der Waals surface area contributed by atoms with E-state index in [0.29, 0.717) is 6.42 Å². The van der Waals surface area contributed by atoms with Crippen molar-refractivity contribution in [2.45, 2.75) is 17.4 Å². The molecule has 0 aromatic heterocycles. The van der Waals surface area contributed by atoms with E-state index in [1.807, 2.05) is 30.5 Å². The average molecular weight is 211 g/mol. The number of carboxylic acid groups (broad SMARTS) is 1. The number of carboxylic acids is 1. The van der Waals surface area contributed by atoms with Crippen molar-refractivity contribution in [3.05, 3.63) is 29.8 Å². The molecule has 0 aliphatic rings. The van der Waals surface area contributed by atoms with Gasteiger partial charge in [-0.15, -0.1) is 11.8 Å². The van der Waals surface area contributed by atoms with Gasteiger partial charge < -0.3 is 10.8 Å². The molecule has 1 aromatic rings. The fraction of sp³-hybridized carbons (Fsp3) is 0.300. The van der Waals surface area contributed by atoms with E-state index in [2.05, 4.69) is 0 Å². The highest BCUT2D eigenvalue weighted by atomic mass is 32.2. The molecule has 1 rings (SSSR count). The Kier molecular flexibility index (Phi) is 3.98. The zero-order chi connectivity index (χ0) is 10.6. The normalized spacial score (nSPS) is 12.4. The topological polar surface area (TPSA) is 63.3 Å². The molecule has 0 fully saturated rings. The number of nitrogens with two attached hydrogens (primary N) is 1. The maximum atomic E-state index is 10.6. The van der Waals surface area contributed by atoms with Crippen LogP contribution in [-0.4, -0.2) is 23.4 Å². The zero-order valence-corrected chi connectivity index (χ0v) is 8.75. The van der Waals surface area contributed by atoms with Crippen LogP contribution in [0.15, 0.2) is 29.2 Å². The molecule has 0 aliphatic heterocycles. The van der Waals surface area contributed by atoms with Crippen LogP contribution in [0.1, 0.15) is 5.56 Å². The summed E-state index contributed by atoms with van der Waals surface area (Å²) in [5.74, 6) is -0.957. The predicted octanol–water partition coefficient (Wildman–Crippen LogP) is 1.36. The van der Waals surface area contributed by atoms with Crippen LogP contribution in [0, 0.1) is 0 Å². The number of hydrogen-bond acceptors (Lipinski definition) is 3. The molecule has 0 heterocycles. The Morgan fingerprint density at radius 2 is 2.21 bits per heavy atom. The Hall–Kier alpha value is -1.00. The first-order valence-electron chi connectivity index (χ1n) is 4.25. The zero-order valence-electron chi connectivity index (χ0n) is 7.93. The van der Waals surface area contributed by atoms with E-state index < -0.39 is 12.0 Å². The van der Waals surface area contributed by atoms with Crippen molar-refractivity contribution in [2.75, 3.05) is 6.26 Å². The van der Waals surface area contributed by atoms with Gasteiger partial charge in [-0.25, -0.2) is 0 Å². The van der Waals surface area contributed by atoms with E-state index in [4.69, 9.17) is 10.8 Å². The molecule has 0 amide bonds. The van der Waals surface area contributed by atoms with Gasteiger partial charge in [-0.2, -0.15) is 0 Å². The first-order chi connectivity index (χ1) is 6.65. The van der Waals surface area contributed by atoms with Crippen LogP contribution in [0.2, 0.25) is 0 Å². The molecular formula is C10H13NO2S. The smallest absolute Gasteiger partial charge is 0.320 e. The second kappa shape index (κ2) is 5.02. The number of thioether (sulfide) groups is 1. The molecule has 76 valence electrons. The summed E-state index contributed by atoms with van der Waals surface area (Å²) in [6.07, 6.45) is 2.34. The largest absolute Gasteiger partial charge is 0.480 e. The Balaban J connectivity index is 2.80. The van der Waals surface area contributed by atoms with Gasteiger partial charge in [0.2, 0.25) is 0 Å². The predicted molar refractivity (Wildman–Crippen MR) is 57.5 cm³/mol. The van der Waals surface area contributed by atoms with Crippen LogP contribution in [0.5, 0.6) is 0 Å². The number of aliphatic carboxylic acids is 1. The van der Waals surface area contributed by atoms with Crippen LogP contribution in [0.4, 0.5) is 0 Å². The fourth-order valence-electron chi connectivity index (χ4n) is 1.20. The lowest BCUT2D eigenvalue weighted by molar-refractivity contribution is -0.138. The maximum absolute atomic E-state index is 10.6. The van der Waals surface area contributed by atoms with Crippen molar-refractivity contribution < 1.29 is 9.90 Å². The molecule has 4 heteroatoms. The highest BCUT2D eigenvalue weighted by molar-refractivity contribution is 7.98. The number of hydrogen-bond donors (Lipinski definition) is 2. The summed E-state index contributed by atoms with van der Waals surface area (Å²) in [6.45, 7) is 0. The van der Waals surface area contributed by atoms with Crippen molar-refractivity contribution in [1.82, 2.24) is 0 Å². The average Bonchev–Trinajstić information content (AvgIpc) is 2.18. The second-order valence-electron chi connectivity index (χ2n) is 2.96. The number of rotatable bonds is 4. The monoisotopic (exact) mass is 211 g/mol. The van der Waals surface area contributed by atoms with Gasteiger partial charge in [0.05, 0.1) is 0 Å². The Morgan fingerprint density at radius 1 is 1.57 bits per heavy atom. The highest BCUT2D eigenvalue weighted by Crippen LogP contribution is 2.20. The van der Waals surface area contributed by atoms with Crippen LogP contribution >= 0.6 is 11.8 Å². The molecule has 0 aliphatic carbocycles. The molecule has 1 aromatic carbocycles. The summed E-state index contributed by atoms with van der Waals surface area (Å²) in [5, 5.41) is 8.68. The van der Waals surface area contributed by atoms with Crippen molar-refractivity contribution >= 4 is 17.7 Å². The van der Waals surface area contributed by atoms with Gasteiger partial charge >= 0.3 is 5.97 Å². The summed E-state index contributed by atoms with van der Waals surface area (Å²) in [5.41, 5.74) is 6.46. The molecule has 0 bridgehead atoms. The van der Waals surface area contributed by atoms with E-state index in [9.17, 15) is 4.79 Å². The van der Waals surface area contributed by atoms with Crippen molar-refractivity contribution in [3.63, 3.8) is 0 Å². The Labute approximate surface area is 87.3 Å². The van der Waals surface area contributed by atoms with Crippen LogP contribution in [0.25, 0.3) is 0 Å². The lowest BCUT2D eigenvalue weighted by Gasteiger charge is -2.09. The second-order valence-corrected chi connectivity index (χ2v) is 3.81. The van der Waals surface area contributed by atoms with Gasteiger partial charge in [0.1, 0.15) is 6.04 Å². The molecule has 3 nitrogen and oxygen atoms in total. The third-order valence-corrected chi connectivity index (χ3v) is 2.79. The lowest BCUT2D eigenvalue weighted by Crippen LogP contribution is -2.32. The van der Waals surface area contributed by atoms with E-state index in [-0.39, 0.29) is 0 Å². The number of carbonyl (C=O) groups is 1. The van der Waals surface area contributed by atoms with E-state index in [0.717, 1.165) is 10.5 Å².